The van der Waals surface area contributed by atoms with Gasteiger partial charge in [-0.05, 0) is 37.8 Å². The summed E-state index contributed by atoms with van der Waals surface area (Å²) in [7, 11) is 0. The molecule has 32 heavy (non-hydrogen) atoms. The molecule has 2 aliphatic heterocycles. The third kappa shape index (κ3) is 4.19. The summed E-state index contributed by atoms with van der Waals surface area (Å²) in [6, 6.07) is 11.3. The Morgan fingerprint density at radius 1 is 1.09 bits per heavy atom. The fraction of sp³-hybridized carbons (Fsp3) is 0.500. The van der Waals surface area contributed by atoms with Crippen LogP contribution in [0.4, 0.5) is 5.69 Å². The minimum absolute atomic E-state index is 0.0108. The molecule has 2 aromatic rings. The predicted octanol–water partition coefficient (Wildman–Crippen LogP) is 1.97. The van der Waals surface area contributed by atoms with E-state index in [9.17, 15) is 14.4 Å². The molecule has 1 saturated heterocycles. The van der Waals surface area contributed by atoms with Crippen LogP contribution in [0.1, 0.15) is 49.4 Å². The SMILES string of the molecule is O=C(NC1CCC(n2nc3c(cc2=O)COCC3)CC1)C1CC(=O)N(c2ccccc2)C1. The number of aromatic nitrogens is 2. The van der Waals surface area contributed by atoms with Gasteiger partial charge in [-0.3, -0.25) is 14.4 Å². The molecule has 0 spiro atoms. The number of rotatable bonds is 4. The first-order chi connectivity index (χ1) is 15.6. The third-order valence-electron chi connectivity index (χ3n) is 6.82. The molecule has 0 bridgehead atoms. The second-order valence-electron chi connectivity index (χ2n) is 8.96. The van der Waals surface area contributed by atoms with Crippen LogP contribution in [0.2, 0.25) is 0 Å². The average Bonchev–Trinajstić information content (AvgIpc) is 3.21. The molecule has 168 valence electrons. The molecule has 1 aliphatic carbocycles. The highest BCUT2D eigenvalue weighted by Gasteiger charge is 2.36. The summed E-state index contributed by atoms with van der Waals surface area (Å²) in [4.78, 5) is 39.5. The summed E-state index contributed by atoms with van der Waals surface area (Å²) >= 11 is 0. The summed E-state index contributed by atoms with van der Waals surface area (Å²) in [5, 5.41) is 7.77. The number of benzene rings is 1. The van der Waals surface area contributed by atoms with E-state index in [1.165, 1.54) is 0 Å². The van der Waals surface area contributed by atoms with E-state index in [0.717, 1.165) is 49.0 Å². The Morgan fingerprint density at radius 3 is 2.66 bits per heavy atom. The monoisotopic (exact) mass is 436 g/mol. The van der Waals surface area contributed by atoms with Crippen molar-refractivity contribution >= 4 is 17.5 Å². The number of carbonyl (C=O) groups excluding carboxylic acids is 2. The van der Waals surface area contributed by atoms with Crippen LogP contribution in [0.5, 0.6) is 0 Å². The van der Waals surface area contributed by atoms with Gasteiger partial charge in [-0.25, -0.2) is 4.68 Å². The fourth-order valence-electron chi connectivity index (χ4n) is 5.01. The third-order valence-corrected chi connectivity index (χ3v) is 6.82. The van der Waals surface area contributed by atoms with Crippen LogP contribution in [0.25, 0.3) is 0 Å². The number of hydrogen-bond acceptors (Lipinski definition) is 5. The van der Waals surface area contributed by atoms with Crippen molar-refractivity contribution in [3.63, 3.8) is 0 Å². The number of carbonyl (C=O) groups is 2. The first kappa shape index (κ1) is 20.9. The van der Waals surface area contributed by atoms with Crippen molar-refractivity contribution in [2.24, 2.45) is 5.92 Å². The Morgan fingerprint density at radius 2 is 1.88 bits per heavy atom. The molecule has 1 N–H and O–H groups in total. The first-order valence-corrected chi connectivity index (χ1v) is 11.4. The minimum Gasteiger partial charge on any atom is -0.376 e. The molecule has 3 heterocycles. The van der Waals surface area contributed by atoms with Gasteiger partial charge in [0.25, 0.3) is 5.56 Å². The van der Waals surface area contributed by atoms with E-state index in [1.54, 1.807) is 15.6 Å². The van der Waals surface area contributed by atoms with Crippen molar-refractivity contribution in [1.29, 1.82) is 0 Å². The minimum atomic E-state index is -0.326. The molecule has 5 rings (SSSR count). The Balaban J connectivity index is 1.17. The van der Waals surface area contributed by atoms with Crippen LogP contribution in [0.3, 0.4) is 0 Å². The van der Waals surface area contributed by atoms with Crippen LogP contribution in [-0.2, 0) is 27.4 Å². The van der Waals surface area contributed by atoms with Crippen LogP contribution in [0.15, 0.2) is 41.2 Å². The van der Waals surface area contributed by atoms with Gasteiger partial charge in [-0.15, -0.1) is 0 Å². The van der Waals surface area contributed by atoms with Gasteiger partial charge in [0, 0.05) is 42.7 Å². The number of anilines is 1. The smallest absolute Gasteiger partial charge is 0.267 e. The molecular formula is C24H28N4O4. The highest BCUT2D eigenvalue weighted by molar-refractivity contribution is 6.00. The van der Waals surface area contributed by atoms with E-state index in [0.29, 0.717) is 19.8 Å². The second kappa shape index (κ2) is 8.86. The quantitative estimate of drug-likeness (QED) is 0.791. The molecule has 8 nitrogen and oxygen atoms in total. The number of nitrogens with one attached hydrogen (secondary N) is 1. The number of ether oxygens (including phenoxy) is 1. The summed E-state index contributed by atoms with van der Waals surface area (Å²) in [6.45, 7) is 1.52. The maximum atomic E-state index is 12.8. The number of amides is 2. The molecule has 3 aliphatic rings. The molecule has 1 saturated carbocycles. The lowest BCUT2D eigenvalue weighted by atomic mass is 9.90. The molecule has 1 unspecified atom stereocenters. The van der Waals surface area contributed by atoms with Gasteiger partial charge >= 0.3 is 0 Å². The average molecular weight is 437 g/mol. The Bertz CT molecular complexity index is 1060. The van der Waals surface area contributed by atoms with Gasteiger partial charge in [0.2, 0.25) is 11.8 Å². The zero-order chi connectivity index (χ0) is 22.1. The lowest BCUT2D eigenvalue weighted by molar-refractivity contribution is -0.127. The van der Waals surface area contributed by atoms with Crippen molar-refractivity contribution < 1.29 is 14.3 Å². The summed E-state index contributed by atoms with van der Waals surface area (Å²) < 4.78 is 7.05. The fourth-order valence-corrected chi connectivity index (χ4v) is 5.01. The van der Waals surface area contributed by atoms with Crippen molar-refractivity contribution in [2.45, 2.75) is 57.2 Å². The number of nitrogens with zero attached hydrogens (tertiary/aromatic N) is 3. The van der Waals surface area contributed by atoms with Crippen LogP contribution in [-0.4, -0.2) is 40.8 Å². The maximum Gasteiger partial charge on any atom is 0.267 e. The second-order valence-corrected chi connectivity index (χ2v) is 8.96. The molecule has 1 aromatic heterocycles. The van der Waals surface area contributed by atoms with E-state index in [1.807, 2.05) is 30.3 Å². The van der Waals surface area contributed by atoms with Gasteiger partial charge in [0.15, 0.2) is 0 Å². The van der Waals surface area contributed by atoms with Gasteiger partial charge in [0.05, 0.1) is 30.9 Å². The Hall–Kier alpha value is -3.00. The highest BCUT2D eigenvalue weighted by Crippen LogP contribution is 2.29. The van der Waals surface area contributed by atoms with E-state index in [-0.39, 0.29) is 41.8 Å². The van der Waals surface area contributed by atoms with Gasteiger partial charge in [0.1, 0.15) is 0 Å². The Labute approximate surface area is 186 Å². The first-order valence-electron chi connectivity index (χ1n) is 11.4. The summed E-state index contributed by atoms with van der Waals surface area (Å²) in [6.07, 6.45) is 4.18. The standard InChI is InChI=1S/C24H28N4O4/c29-22-12-16(14-27(22)19-4-2-1-3-5-19)24(31)25-18-6-8-20(9-7-18)28-23(30)13-17-15-32-11-10-21(17)26-28/h1-5,13,16,18,20H,6-12,14-15H2,(H,25,31). The lowest BCUT2D eigenvalue weighted by Gasteiger charge is -2.30. The number of para-hydroxylation sites is 1. The van der Waals surface area contributed by atoms with E-state index in [2.05, 4.69) is 10.4 Å². The molecular weight excluding hydrogens is 408 g/mol. The van der Waals surface area contributed by atoms with Crippen molar-refractivity contribution in [1.82, 2.24) is 15.1 Å². The van der Waals surface area contributed by atoms with Crippen molar-refractivity contribution in [3.8, 4) is 0 Å². The Kier molecular flexibility index (Phi) is 5.78. The van der Waals surface area contributed by atoms with Gasteiger partial charge in [-0.1, -0.05) is 18.2 Å². The maximum absolute atomic E-state index is 12.8. The summed E-state index contributed by atoms with van der Waals surface area (Å²) in [5.74, 6) is -0.389. The molecule has 1 atom stereocenters. The normalized spacial score (nSPS) is 25.4. The van der Waals surface area contributed by atoms with Gasteiger partial charge < -0.3 is 15.0 Å². The van der Waals surface area contributed by atoms with E-state index >= 15 is 0 Å². The largest absolute Gasteiger partial charge is 0.376 e. The summed E-state index contributed by atoms with van der Waals surface area (Å²) in [5.41, 5.74) is 2.62. The molecule has 8 heteroatoms. The van der Waals surface area contributed by atoms with Crippen molar-refractivity contribution in [2.75, 3.05) is 18.1 Å². The van der Waals surface area contributed by atoms with Gasteiger partial charge in [-0.2, -0.15) is 5.10 Å². The molecule has 2 amide bonds. The van der Waals surface area contributed by atoms with Crippen LogP contribution < -0.4 is 15.8 Å². The zero-order valence-corrected chi connectivity index (χ0v) is 18.0. The molecule has 1 aromatic carbocycles. The van der Waals surface area contributed by atoms with Crippen LogP contribution >= 0.6 is 0 Å². The van der Waals surface area contributed by atoms with Crippen molar-refractivity contribution in [3.05, 3.63) is 58.0 Å². The lowest BCUT2D eigenvalue weighted by Crippen LogP contribution is -2.43. The van der Waals surface area contributed by atoms with E-state index in [4.69, 9.17) is 4.74 Å². The predicted molar refractivity (Wildman–Crippen MR) is 118 cm³/mol. The molecule has 0 radical (unpaired) electrons. The zero-order valence-electron chi connectivity index (χ0n) is 18.0. The van der Waals surface area contributed by atoms with E-state index < -0.39 is 0 Å². The number of fused-ring (bicyclic) bond motifs is 1. The highest BCUT2D eigenvalue weighted by atomic mass is 16.5. The van der Waals surface area contributed by atoms with Crippen LogP contribution in [0, 0.1) is 5.92 Å². The number of hydrogen-bond donors (Lipinski definition) is 1. The molecule has 2 fully saturated rings. The topological polar surface area (TPSA) is 93.5 Å².